The lowest BCUT2D eigenvalue weighted by Crippen LogP contribution is -2.26. The standard InChI is InChI=1S/C18H20Cl2N6O2/c1-28-14-3-10(2-11(19)4-14)16(7-22)24-9-13(6-21)26-18(27)15-5-12(20)8-25-17(15)23/h2-6,8-9,16H,7,21-22H2,1H3,(H2,23,25)(H,26,27)/b13-6+,24-9?. The van der Waals surface area contributed by atoms with Gasteiger partial charge in [-0.2, -0.15) is 0 Å². The van der Waals surface area contributed by atoms with E-state index in [1.807, 2.05) is 0 Å². The number of hydrogen-bond donors (Lipinski definition) is 4. The first-order valence-electron chi connectivity index (χ1n) is 8.10. The van der Waals surface area contributed by atoms with Crippen LogP contribution >= 0.6 is 23.2 Å². The molecule has 0 saturated carbocycles. The van der Waals surface area contributed by atoms with Crippen LogP contribution in [0.25, 0.3) is 0 Å². The molecule has 28 heavy (non-hydrogen) atoms. The van der Waals surface area contributed by atoms with Crippen LogP contribution in [0.4, 0.5) is 5.82 Å². The summed E-state index contributed by atoms with van der Waals surface area (Å²) >= 11 is 12.0. The molecule has 2 rings (SSSR count). The predicted molar refractivity (Wildman–Crippen MR) is 112 cm³/mol. The van der Waals surface area contributed by atoms with Crippen molar-refractivity contribution in [2.75, 3.05) is 19.4 Å². The van der Waals surface area contributed by atoms with Gasteiger partial charge in [-0.05, 0) is 29.8 Å². The van der Waals surface area contributed by atoms with Gasteiger partial charge in [0.15, 0.2) is 0 Å². The maximum absolute atomic E-state index is 12.4. The summed E-state index contributed by atoms with van der Waals surface area (Å²) in [7, 11) is 1.54. The van der Waals surface area contributed by atoms with Crippen LogP contribution in [-0.2, 0) is 0 Å². The molecule has 0 aliphatic rings. The van der Waals surface area contributed by atoms with E-state index < -0.39 is 11.9 Å². The number of ether oxygens (including phenoxy) is 1. The molecule has 0 bridgehead atoms. The molecule has 0 aliphatic heterocycles. The van der Waals surface area contributed by atoms with E-state index in [-0.39, 0.29) is 28.6 Å². The molecular formula is C18H20Cl2N6O2. The molecule has 0 fully saturated rings. The topological polar surface area (TPSA) is 142 Å². The molecule has 0 spiro atoms. The van der Waals surface area contributed by atoms with Crippen LogP contribution < -0.4 is 27.3 Å². The van der Waals surface area contributed by atoms with E-state index in [1.54, 1.807) is 18.2 Å². The Morgan fingerprint density at radius 2 is 2.07 bits per heavy atom. The van der Waals surface area contributed by atoms with Crippen LogP contribution in [0.3, 0.4) is 0 Å². The summed E-state index contributed by atoms with van der Waals surface area (Å²) < 4.78 is 5.21. The minimum atomic E-state index is -0.524. The second kappa shape index (κ2) is 9.93. The largest absolute Gasteiger partial charge is 0.497 e. The summed E-state index contributed by atoms with van der Waals surface area (Å²) in [6, 6.07) is 6.19. The van der Waals surface area contributed by atoms with Crippen LogP contribution in [0.1, 0.15) is 22.0 Å². The Balaban J connectivity index is 2.18. The quantitative estimate of drug-likeness (QED) is 0.504. The van der Waals surface area contributed by atoms with Gasteiger partial charge in [0.1, 0.15) is 11.6 Å². The van der Waals surface area contributed by atoms with Crippen LogP contribution in [0.15, 0.2) is 47.4 Å². The lowest BCUT2D eigenvalue weighted by atomic mass is 10.1. The maximum atomic E-state index is 12.4. The third-order valence-electron chi connectivity index (χ3n) is 3.70. The number of nitrogens with one attached hydrogen (secondary N) is 1. The first-order valence-corrected chi connectivity index (χ1v) is 8.85. The number of rotatable bonds is 7. The van der Waals surface area contributed by atoms with E-state index in [0.29, 0.717) is 10.8 Å². The first kappa shape index (κ1) is 21.5. The number of carbonyl (C=O) groups excluding carboxylic acids is 1. The fourth-order valence-electron chi connectivity index (χ4n) is 2.30. The highest BCUT2D eigenvalue weighted by Gasteiger charge is 2.14. The average Bonchev–Trinajstić information content (AvgIpc) is 2.68. The van der Waals surface area contributed by atoms with Crippen molar-refractivity contribution in [3.8, 4) is 5.75 Å². The summed E-state index contributed by atoms with van der Waals surface area (Å²) in [4.78, 5) is 20.6. The number of carbonyl (C=O) groups is 1. The summed E-state index contributed by atoms with van der Waals surface area (Å²) in [6.07, 6.45) is 3.94. The number of nitrogens with zero attached hydrogens (tertiary/aromatic N) is 2. The molecule has 148 valence electrons. The molecular weight excluding hydrogens is 403 g/mol. The molecule has 1 aromatic heterocycles. The number of aromatic nitrogens is 1. The Morgan fingerprint density at radius 3 is 2.71 bits per heavy atom. The molecule has 0 aliphatic carbocycles. The van der Waals surface area contributed by atoms with Crippen LogP contribution in [0.5, 0.6) is 5.75 Å². The van der Waals surface area contributed by atoms with Gasteiger partial charge >= 0.3 is 0 Å². The van der Waals surface area contributed by atoms with Crippen LogP contribution in [-0.4, -0.2) is 30.8 Å². The number of hydrogen-bond acceptors (Lipinski definition) is 7. The van der Waals surface area contributed by atoms with Gasteiger partial charge in [-0.25, -0.2) is 4.98 Å². The van der Waals surface area contributed by atoms with Gasteiger partial charge in [0, 0.05) is 30.2 Å². The molecule has 10 heteroatoms. The van der Waals surface area contributed by atoms with Gasteiger partial charge in [0.05, 0.1) is 29.4 Å². The fraction of sp³-hybridized carbons (Fsp3) is 0.167. The molecule has 1 heterocycles. The van der Waals surface area contributed by atoms with Gasteiger partial charge in [0.25, 0.3) is 5.91 Å². The highest BCUT2D eigenvalue weighted by Crippen LogP contribution is 2.26. The van der Waals surface area contributed by atoms with Gasteiger partial charge in [0.2, 0.25) is 0 Å². The molecule has 2 aromatic rings. The van der Waals surface area contributed by atoms with Crippen LogP contribution in [0, 0.1) is 0 Å². The summed E-state index contributed by atoms with van der Waals surface area (Å²) in [5, 5.41) is 3.37. The average molecular weight is 423 g/mol. The van der Waals surface area contributed by atoms with Crippen molar-refractivity contribution >= 4 is 41.1 Å². The number of nitrogens with two attached hydrogens (primary N) is 3. The van der Waals surface area contributed by atoms with E-state index in [1.165, 1.54) is 31.8 Å². The Bertz CT molecular complexity index is 917. The Labute approximate surface area is 172 Å². The number of aliphatic imine (C=N–C) groups is 1. The zero-order chi connectivity index (χ0) is 20.7. The minimum Gasteiger partial charge on any atom is -0.497 e. The van der Waals surface area contributed by atoms with Crippen LogP contribution in [0.2, 0.25) is 10.0 Å². The highest BCUT2D eigenvalue weighted by molar-refractivity contribution is 6.31. The van der Waals surface area contributed by atoms with Crippen molar-refractivity contribution in [3.63, 3.8) is 0 Å². The van der Waals surface area contributed by atoms with Crippen molar-refractivity contribution < 1.29 is 9.53 Å². The predicted octanol–water partition coefficient (Wildman–Crippen LogP) is 2.28. The SMILES string of the molecule is COc1cc(Cl)cc(C(CN)N=C/C(=C\N)NC(=O)c2cc(Cl)cnc2N)c1. The first-order chi connectivity index (χ1) is 13.4. The number of allylic oxidation sites excluding steroid dienone is 1. The van der Waals surface area contributed by atoms with E-state index in [2.05, 4.69) is 15.3 Å². The van der Waals surface area contributed by atoms with Gasteiger partial charge in [-0.1, -0.05) is 23.2 Å². The third kappa shape index (κ3) is 5.59. The molecule has 1 unspecified atom stereocenters. The number of benzene rings is 1. The number of methoxy groups -OCH3 is 1. The summed E-state index contributed by atoms with van der Waals surface area (Å²) in [6.45, 7) is 0.205. The smallest absolute Gasteiger partial charge is 0.259 e. The molecule has 7 N–H and O–H groups in total. The molecule has 8 nitrogen and oxygen atoms in total. The molecule has 0 radical (unpaired) electrons. The van der Waals surface area contributed by atoms with Gasteiger partial charge in [-0.15, -0.1) is 0 Å². The number of nitrogen functional groups attached to an aromatic ring is 1. The Kier molecular flexibility index (Phi) is 7.62. The fourth-order valence-corrected chi connectivity index (χ4v) is 2.69. The van der Waals surface area contributed by atoms with Crippen molar-refractivity contribution in [3.05, 3.63) is 63.5 Å². The molecule has 1 aromatic carbocycles. The lowest BCUT2D eigenvalue weighted by molar-refractivity contribution is 0.0968. The summed E-state index contributed by atoms with van der Waals surface area (Å²) in [5.41, 5.74) is 18.3. The van der Waals surface area contributed by atoms with Gasteiger partial charge < -0.3 is 27.3 Å². The van der Waals surface area contributed by atoms with Crippen molar-refractivity contribution in [2.24, 2.45) is 16.5 Å². The van der Waals surface area contributed by atoms with E-state index in [9.17, 15) is 4.79 Å². The number of anilines is 1. The number of pyridine rings is 1. The Hall–Kier alpha value is -2.81. The second-order valence-corrected chi connectivity index (χ2v) is 6.49. The molecule has 0 saturated heterocycles. The van der Waals surface area contributed by atoms with E-state index in [0.717, 1.165) is 5.56 Å². The van der Waals surface area contributed by atoms with Gasteiger partial charge in [-0.3, -0.25) is 9.79 Å². The minimum absolute atomic E-state index is 0.0427. The van der Waals surface area contributed by atoms with Crippen molar-refractivity contribution in [1.29, 1.82) is 0 Å². The normalized spacial score (nSPS) is 12.8. The monoisotopic (exact) mass is 422 g/mol. The second-order valence-electron chi connectivity index (χ2n) is 5.62. The Morgan fingerprint density at radius 1 is 1.32 bits per heavy atom. The molecule has 1 atom stereocenters. The van der Waals surface area contributed by atoms with Crippen molar-refractivity contribution in [1.82, 2.24) is 10.3 Å². The molecule has 1 amide bonds. The highest BCUT2D eigenvalue weighted by atomic mass is 35.5. The van der Waals surface area contributed by atoms with Crippen molar-refractivity contribution in [2.45, 2.75) is 6.04 Å². The maximum Gasteiger partial charge on any atom is 0.259 e. The van der Waals surface area contributed by atoms with E-state index >= 15 is 0 Å². The lowest BCUT2D eigenvalue weighted by Gasteiger charge is -2.13. The zero-order valence-corrected chi connectivity index (χ0v) is 16.5. The summed E-state index contributed by atoms with van der Waals surface area (Å²) in [5.74, 6) is 0.105. The number of amides is 1. The number of halogens is 2. The van der Waals surface area contributed by atoms with E-state index in [4.69, 9.17) is 45.1 Å². The zero-order valence-electron chi connectivity index (χ0n) is 15.0. The third-order valence-corrected chi connectivity index (χ3v) is 4.12.